The van der Waals surface area contributed by atoms with Crippen LogP contribution in [0.2, 0.25) is 0 Å². The molecule has 0 aliphatic carbocycles. The topological polar surface area (TPSA) is 75.7 Å². The summed E-state index contributed by atoms with van der Waals surface area (Å²) in [7, 11) is 1.65. The SMILES string of the molecule is CCCNc1nc(-c2ccc(OC)cc2)c2cn[nH]c2n1. The normalized spacial score (nSPS) is 10.8. The lowest BCUT2D eigenvalue weighted by atomic mass is 10.1. The van der Waals surface area contributed by atoms with E-state index in [-0.39, 0.29) is 0 Å². The van der Waals surface area contributed by atoms with Gasteiger partial charge in [0.2, 0.25) is 5.95 Å². The van der Waals surface area contributed by atoms with E-state index in [1.807, 2.05) is 24.3 Å². The Morgan fingerprint density at radius 2 is 2.00 bits per heavy atom. The first-order valence-corrected chi connectivity index (χ1v) is 6.91. The Bertz CT molecular complexity index is 735. The summed E-state index contributed by atoms with van der Waals surface area (Å²) in [5, 5.41) is 11.1. The number of methoxy groups -OCH3 is 1. The van der Waals surface area contributed by atoms with Crippen molar-refractivity contribution in [1.29, 1.82) is 0 Å². The van der Waals surface area contributed by atoms with Gasteiger partial charge in [0.05, 0.1) is 24.4 Å². The highest BCUT2D eigenvalue weighted by Crippen LogP contribution is 2.27. The predicted octanol–water partition coefficient (Wildman–Crippen LogP) is 2.85. The highest BCUT2D eigenvalue weighted by atomic mass is 16.5. The van der Waals surface area contributed by atoms with Crippen LogP contribution in [0.25, 0.3) is 22.3 Å². The molecular weight excluding hydrogens is 266 g/mol. The molecule has 108 valence electrons. The average Bonchev–Trinajstić information content (AvgIpc) is 3.00. The number of nitrogens with one attached hydrogen (secondary N) is 2. The van der Waals surface area contributed by atoms with Gasteiger partial charge in [-0.15, -0.1) is 0 Å². The minimum absolute atomic E-state index is 0.611. The molecule has 3 aromatic rings. The van der Waals surface area contributed by atoms with E-state index in [1.54, 1.807) is 13.3 Å². The van der Waals surface area contributed by atoms with Gasteiger partial charge >= 0.3 is 0 Å². The fraction of sp³-hybridized carbons (Fsp3) is 0.267. The molecule has 0 saturated heterocycles. The van der Waals surface area contributed by atoms with Crippen LogP contribution in [0, 0.1) is 0 Å². The maximum Gasteiger partial charge on any atom is 0.225 e. The van der Waals surface area contributed by atoms with Gasteiger partial charge in [-0.05, 0) is 30.7 Å². The molecule has 0 saturated carbocycles. The van der Waals surface area contributed by atoms with Gasteiger partial charge in [0.15, 0.2) is 5.65 Å². The molecule has 0 atom stereocenters. The Balaban J connectivity index is 2.07. The Hall–Kier alpha value is -2.63. The third kappa shape index (κ3) is 2.65. The van der Waals surface area contributed by atoms with Crippen molar-refractivity contribution in [2.45, 2.75) is 13.3 Å². The number of H-pyrrole nitrogens is 1. The van der Waals surface area contributed by atoms with Crippen molar-refractivity contribution in [2.75, 3.05) is 19.0 Å². The van der Waals surface area contributed by atoms with Crippen LogP contribution in [-0.4, -0.2) is 33.8 Å². The second-order valence-corrected chi connectivity index (χ2v) is 4.68. The number of benzene rings is 1. The van der Waals surface area contributed by atoms with Gasteiger partial charge in [-0.2, -0.15) is 10.1 Å². The summed E-state index contributed by atoms with van der Waals surface area (Å²) < 4.78 is 5.19. The van der Waals surface area contributed by atoms with E-state index in [4.69, 9.17) is 4.74 Å². The second kappa shape index (κ2) is 5.78. The first-order chi connectivity index (χ1) is 10.3. The van der Waals surface area contributed by atoms with Crippen LogP contribution in [0.15, 0.2) is 30.5 Å². The zero-order valence-corrected chi connectivity index (χ0v) is 12.1. The minimum Gasteiger partial charge on any atom is -0.497 e. The number of hydrogen-bond acceptors (Lipinski definition) is 5. The molecule has 2 heterocycles. The van der Waals surface area contributed by atoms with Crippen LogP contribution in [0.4, 0.5) is 5.95 Å². The number of fused-ring (bicyclic) bond motifs is 1. The number of ether oxygens (including phenoxy) is 1. The van der Waals surface area contributed by atoms with E-state index in [0.717, 1.165) is 41.0 Å². The molecule has 3 rings (SSSR count). The molecule has 2 N–H and O–H groups in total. The number of rotatable bonds is 5. The molecule has 0 aliphatic heterocycles. The van der Waals surface area contributed by atoms with E-state index in [9.17, 15) is 0 Å². The molecular formula is C15H17N5O. The van der Waals surface area contributed by atoms with Crippen LogP contribution in [0.5, 0.6) is 5.75 Å². The highest BCUT2D eigenvalue weighted by Gasteiger charge is 2.11. The molecule has 21 heavy (non-hydrogen) atoms. The van der Waals surface area contributed by atoms with Gasteiger partial charge in [-0.1, -0.05) is 6.92 Å². The highest BCUT2D eigenvalue weighted by molar-refractivity contribution is 5.90. The molecule has 1 aromatic carbocycles. The Labute approximate surface area is 122 Å². The lowest BCUT2D eigenvalue weighted by Crippen LogP contribution is -2.05. The Morgan fingerprint density at radius 1 is 1.19 bits per heavy atom. The summed E-state index contributed by atoms with van der Waals surface area (Å²) in [6.45, 7) is 2.94. The largest absolute Gasteiger partial charge is 0.497 e. The van der Waals surface area contributed by atoms with Crippen molar-refractivity contribution < 1.29 is 4.74 Å². The van der Waals surface area contributed by atoms with Gasteiger partial charge < -0.3 is 10.1 Å². The fourth-order valence-corrected chi connectivity index (χ4v) is 2.12. The lowest BCUT2D eigenvalue weighted by Gasteiger charge is -2.08. The first kappa shape index (κ1) is 13.4. The van der Waals surface area contributed by atoms with Crippen molar-refractivity contribution in [3.8, 4) is 17.0 Å². The van der Waals surface area contributed by atoms with Crippen molar-refractivity contribution in [1.82, 2.24) is 20.2 Å². The molecule has 0 bridgehead atoms. The van der Waals surface area contributed by atoms with E-state index < -0.39 is 0 Å². The van der Waals surface area contributed by atoms with Crippen LogP contribution in [0.1, 0.15) is 13.3 Å². The molecule has 0 unspecified atom stereocenters. The molecule has 6 nitrogen and oxygen atoms in total. The maximum atomic E-state index is 5.19. The second-order valence-electron chi connectivity index (χ2n) is 4.68. The molecule has 0 spiro atoms. The maximum absolute atomic E-state index is 5.19. The van der Waals surface area contributed by atoms with Crippen molar-refractivity contribution in [3.05, 3.63) is 30.5 Å². The average molecular weight is 283 g/mol. The molecule has 0 aliphatic rings. The van der Waals surface area contributed by atoms with Crippen molar-refractivity contribution >= 4 is 17.0 Å². The number of aromatic amines is 1. The summed E-state index contributed by atoms with van der Waals surface area (Å²) in [6.07, 6.45) is 2.76. The number of hydrogen-bond donors (Lipinski definition) is 2. The zero-order chi connectivity index (χ0) is 14.7. The fourth-order valence-electron chi connectivity index (χ4n) is 2.12. The summed E-state index contributed by atoms with van der Waals surface area (Å²) in [4.78, 5) is 9.04. The number of nitrogens with zero attached hydrogens (tertiary/aromatic N) is 3. The smallest absolute Gasteiger partial charge is 0.225 e. The molecule has 0 radical (unpaired) electrons. The van der Waals surface area contributed by atoms with Crippen LogP contribution in [-0.2, 0) is 0 Å². The summed E-state index contributed by atoms with van der Waals surface area (Å²) >= 11 is 0. The predicted molar refractivity (Wildman–Crippen MR) is 82.5 cm³/mol. The van der Waals surface area contributed by atoms with Gasteiger partial charge in [-0.25, -0.2) is 4.98 Å². The Kier molecular flexibility index (Phi) is 3.68. The summed E-state index contributed by atoms with van der Waals surface area (Å²) in [5.74, 6) is 1.43. The van der Waals surface area contributed by atoms with Crippen LogP contribution < -0.4 is 10.1 Å². The summed E-state index contributed by atoms with van der Waals surface area (Å²) in [6, 6.07) is 7.80. The van der Waals surface area contributed by atoms with E-state index in [2.05, 4.69) is 32.4 Å². The number of aromatic nitrogens is 4. The van der Waals surface area contributed by atoms with Crippen molar-refractivity contribution in [3.63, 3.8) is 0 Å². The zero-order valence-electron chi connectivity index (χ0n) is 12.1. The summed E-state index contributed by atoms with van der Waals surface area (Å²) in [5.41, 5.74) is 2.59. The van der Waals surface area contributed by atoms with Gasteiger partial charge in [0, 0.05) is 12.1 Å². The number of anilines is 1. The van der Waals surface area contributed by atoms with Crippen LogP contribution in [0.3, 0.4) is 0 Å². The first-order valence-electron chi connectivity index (χ1n) is 6.91. The minimum atomic E-state index is 0.611. The van der Waals surface area contributed by atoms with E-state index >= 15 is 0 Å². The lowest BCUT2D eigenvalue weighted by molar-refractivity contribution is 0.415. The van der Waals surface area contributed by atoms with Gasteiger partial charge in [0.25, 0.3) is 0 Å². The van der Waals surface area contributed by atoms with Crippen LogP contribution >= 0.6 is 0 Å². The van der Waals surface area contributed by atoms with Gasteiger partial charge in [-0.3, -0.25) is 5.10 Å². The third-order valence-electron chi connectivity index (χ3n) is 3.21. The quantitative estimate of drug-likeness (QED) is 0.753. The van der Waals surface area contributed by atoms with E-state index in [0.29, 0.717) is 5.95 Å². The van der Waals surface area contributed by atoms with E-state index in [1.165, 1.54) is 0 Å². The Morgan fingerprint density at radius 3 is 2.71 bits per heavy atom. The van der Waals surface area contributed by atoms with Crippen molar-refractivity contribution in [2.24, 2.45) is 0 Å². The van der Waals surface area contributed by atoms with Gasteiger partial charge in [0.1, 0.15) is 5.75 Å². The third-order valence-corrected chi connectivity index (χ3v) is 3.21. The molecule has 0 amide bonds. The monoisotopic (exact) mass is 283 g/mol. The molecule has 2 aromatic heterocycles. The molecule has 6 heteroatoms. The standard InChI is InChI=1S/C15H17N5O/c1-3-8-16-15-18-13(12-9-17-20-14(12)19-15)10-4-6-11(21-2)7-5-10/h4-7,9H,3,8H2,1-2H3,(H2,16,17,18,19,20). The molecule has 0 fully saturated rings.